The Morgan fingerprint density at radius 2 is 2.00 bits per heavy atom. The van der Waals surface area contributed by atoms with Crippen LogP contribution < -0.4 is 5.32 Å². The predicted octanol–water partition coefficient (Wildman–Crippen LogP) is 2.19. The maximum Gasteiger partial charge on any atom is 0.278 e. The largest absolute Gasteiger partial charge is 0.383 e. The van der Waals surface area contributed by atoms with Crippen LogP contribution in [0, 0.1) is 10.1 Å². The third kappa shape index (κ3) is 3.47. The Bertz CT molecular complexity index is 728. The zero-order valence-corrected chi connectivity index (χ0v) is 14.1. The van der Waals surface area contributed by atoms with Gasteiger partial charge in [-0.3, -0.25) is 20.0 Å². The molecule has 0 saturated carbocycles. The number of likely N-dealkylation sites (N-methyl/N-ethyl adjacent to an activating group) is 1. The molecule has 1 aromatic carbocycles. The smallest absolute Gasteiger partial charge is 0.278 e. The Kier molecular flexibility index (Phi) is 4.92. The summed E-state index contributed by atoms with van der Waals surface area (Å²) in [6.45, 7) is 7.36. The van der Waals surface area contributed by atoms with Crippen molar-refractivity contribution >= 4 is 22.1 Å². The van der Waals surface area contributed by atoms with Gasteiger partial charge >= 0.3 is 0 Å². The normalized spacial score (nSPS) is 17.8. The maximum absolute atomic E-state index is 11.2. The fourth-order valence-corrected chi connectivity index (χ4v) is 3.14. The van der Waals surface area contributed by atoms with E-state index in [1.165, 1.54) is 0 Å². The van der Waals surface area contributed by atoms with Gasteiger partial charge in [-0.25, -0.2) is 0 Å². The summed E-state index contributed by atoms with van der Waals surface area (Å²) in [5, 5.41) is 16.0. The van der Waals surface area contributed by atoms with Crippen LogP contribution in [-0.4, -0.2) is 65.5 Å². The molecule has 0 bridgehead atoms. The van der Waals surface area contributed by atoms with Gasteiger partial charge in [0.05, 0.1) is 10.3 Å². The van der Waals surface area contributed by atoms with E-state index in [0.29, 0.717) is 11.4 Å². The van der Waals surface area contributed by atoms with E-state index in [0.717, 1.165) is 43.8 Å². The number of pyridine rings is 1. The van der Waals surface area contributed by atoms with E-state index >= 15 is 0 Å². The van der Waals surface area contributed by atoms with Gasteiger partial charge in [0.1, 0.15) is 0 Å². The highest BCUT2D eigenvalue weighted by Gasteiger charge is 2.19. The molecule has 1 aliphatic rings. The standard InChI is InChI=1S/C17H23N5O2/c1-13(21-9-7-20(2)8-10-21)11-19-16-3-4-17(22(23)24)15-12-18-6-5-14(15)16/h3-6,12-13,19H,7-11H2,1-2H3. The number of fused-ring (bicyclic) bond motifs is 1. The average Bonchev–Trinajstić information content (AvgIpc) is 2.59. The highest BCUT2D eigenvalue weighted by molar-refractivity contribution is 5.99. The molecule has 1 unspecified atom stereocenters. The van der Waals surface area contributed by atoms with E-state index in [2.05, 4.69) is 34.1 Å². The van der Waals surface area contributed by atoms with E-state index in [1.54, 1.807) is 24.5 Å². The lowest BCUT2D eigenvalue weighted by Crippen LogP contribution is -2.49. The van der Waals surface area contributed by atoms with Gasteiger partial charge in [0, 0.05) is 68.3 Å². The number of nitro groups is 1. The third-order valence-electron chi connectivity index (χ3n) is 4.74. The van der Waals surface area contributed by atoms with Gasteiger partial charge in [-0.2, -0.15) is 0 Å². The van der Waals surface area contributed by atoms with Crippen LogP contribution in [0.4, 0.5) is 11.4 Å². The molecular weight excluding hydrogens is 306 g/mol. The number of non-ortho nitro benzene ring substituents is 1. The molecule has 24 heavy (non-hydrogen) atoms. The zero-order valence-electron chi connectivity index (χ0n) is 14.1. The number of hydrogen-bond acceptors (Lipinski definition) is 6. The van der Waals surface area contributed by atoms with Crippen molar-refractivity contribution in [3.05, 3.63) is 40.7 Å². The number of anilines is 1. The topological polar surface area (TPSA) is 74.5 Å². The first-order chi connectivity index (χ1) is 11.6. The van der Waals surface area contributed by atoms with Gasteiger partial charge in [-0.1, -0.05) is 0 Å². The number of hydrogen-bond donors (Lipinski definition) is 1. The minimum absolute atomic E-state index is 0.0933. The van der Waals surface area contributed by atoms with E-state index in [-0.39, 0.29) is 10.6 Å². The minimum atomic E-state index is -0.360. The first kappa shape index (κ1) is 16.6. The Hall–Kier alpha value is -2.25. The van der Waals surface area contributed by atoms with E-state index in [4.69, 9.17) is 0 Å². The van der Waals surface area contributed by atoms with Crippen molar-refractivity contribution in [2.75, 3.05) is 45.1 Å². The second-order valence-electron chi connectivity index (χ2n) is 6.38. The van der Waals surface area contributed by atoms with Crippen LogP contribution in [0.2, 0.25) is 0 Å². The van der Waals surface area contributed by atoms with E-state index in [9.17, 15) is 10.1 Å². The van der Waals surface area contributed by atoms with Crippen LogP contribution in [0.25, 0.3) is 10.8 Å². The van der Waals surface area contributed by atoms with Crippen LogP contribution in [0.5, 0.6) is 0 Å². The molecule has 7 heteroatoms. The van der Waals surface area contributed by atoms with Gasteiger partial charge in [0.15, 0.2) is 0 Å². The molecule has 128 valence electrons. The number of rotatable bonds is 5. The Balaban J connectivity index is 1.74. The van der Waals surface area contributed by atoms with Gasteiger partial charge in [0.2, 0.25) is 0 Å². The molecule has 2 heterocycles. The van der Waals surface area contributed by atoms with Crippen LogP contribution in [0.15, 0.2) is 30.6 Å². The number of piperazine rings is 1. The first-order valence-electron chi connectivity index (χ1n) is 8.24. The quantitative estimate of drug-likeness (QED) is 0.669. The molecule has 0 radical (unpaired) electrons. The second-order valence-corrected chi connectivity index (χ2v) is 6.38. The molecule has 1 saturated heterocycles. The summed E-state index contributed by atoms with van der Waals surface area (Å²) >= 11 is 0. The van der Waals surface area contributed by atoms with Crippen molar-refractivity contribution in [3.63, 3.8) is 0 Å². The zero-order chi connectivity index (χ0) is 17.1. The molecule has 1 atom stereocenters. The number of nitrogens with one attached hydrogen (secondary N) is 1. The molecule has 1 aromatic heterocycles. The monoisotopic (exact) mass is 329 g/mol. The molecule has 7 nitrogen and oxygen atoms in total. The van der Waals surface area contributed by atoms with E-state index < -0.39 is 0 Å². The number of aromatic nitrogens is 1. The fraction of sp³-hybridized carbons (Fsp3) is 0.471. The van der Waals surface area contributed by atoms with Crippen molar-refractivity contribution in [1.29, 1.82) is 0 Å². The minimum Gasteiger partial charge on any atom is -0.383 e. The average molecular weight is 329 g/mol. The van der Waals surface area contributed by atoms with Crippen LogP contribution in [0.1, 0.15) is 6.92 Å². The second kappa shape index (κ2) is 7.11. The predicted molar refractivity (Wildman–Crippen MR) is 95.4 cm³/mol. The van der Waals surface area contributed by atoms with Crippen LogP contribution in [0.3, 0.4) is 0 Å². The first-order valence-corrected chi connectivity index (χ1v) is 8.24. The third-order valence-corrected chi connectivity index (χ3v) is 4.74. The molecular formula is C17H23N5O2. The summed E-state index contributed by atoms with van der Waals surface area (Å²) in [6.07, 6.45) is 3.23. The molecule has 0 spiro atoms. The Morgan fingerprint density at radius 3 is 2.71 bits per heavy atom. The summed E-state index contributed by atoms with van der Waals surface area (Å²) < 4.78 is 0. The number of nitrogens with zero attached hydrogens (tertiary/aromatic N) is 4. The molecule has 0 aliphatic carbocycles. The van der Waals surface area contributed by atoms with Crippen molar-refractivity contribution in [1.82, 2.24) is 14.8 Å². The van der Waals surface area contributed by atoms with Gasteiger partial charge in [-0.05, 0) is 26.1 Å². The molecule has 1 fully saturated rings. The Morgan fingerprint density at radius 1 is 1.25 bits per heavy atom. The fourth-order valence-electron chi connectivity index (χ4n) is 3.14. The summed E-state index contributed by atoms with van der Waals surface area (Å²) in [7, 11) is 2.15. The molecule has 3 rings (SSSR count). The van der Waals surface area contributed by atoms with Crippen molar-refractivity contribution in [2.45, 2.75) is 13.0 Å². The van der Waals surface area contributed by atoms with Crippen molar-refractivity contribution < 1.29 is 4.92 Å². The van der Waals surface area contributed by atoms with Gasteiger partial charge in [0.25, 0.3) is 5.69 Å². The van der Waals surface area contributed by atoms with Crippen molar-refractivity contribution in [2.24, 2.45) is 0 Å². The molecule has 0 amide bonds. The Labute approximate surface area is 141 Å². The van der Waals surface area contributed by atoms with Crippen LogP contribution in [-0.2, 0) is 0 Å². The van der Waals surface area contributed by atoms with E-state index in [1.807, 2.05) is 6.07 Å². The molecule has 2 aromatic rings. The number of nitro benzene ring substituents is 1. The lowest BCUT2D eigenvalue weighted by atomic mass is 10.1. The summed E-state index contributed by atoms with van der Waals surface area (Å²) in [4.78, 5) is 19.7. The van der Waals surface area contributed by atoms with Crippen molar-refractivity contribution in [3.8, 4) is 0 Å². The van der Waals surface area contributed by atoms with Gasteiger partial charge in [-0.15, -0.1) is 0 Å². The highest BCUT2D eigenvalue weighted by atomic mass is 16.6. The highest BCUT2D eigenvalue weighted by Crippen LogP contribution is 2.30. The molecule has 1 aliphatic heterocycles. The van der Waals surface area contributed by atoms with Crippen LogP contribution >= 0.6 is 0 Å². The number of benzene rings is 1. The lowest BCUT2D eigenvalue weighted by Gasteiger charge is -2.36. The molecule has 1 N–H and O–H groups in total. The summed E-state index contributed by atoms with van der Waals surface area (Å²) in [5.41, 5.74) is 1.01. The summed E-state index contributed by atoms with van der Waals surface area (Å²) in [5.74, 6) is 0. The SMILES string of the molecule is CC(CNc1ccc([N+](=O)[O-])c2cnccc12)N1CCN(C)CC1. The van der Waals surface area contributed by atoms with Gasteiger partial charge < -0.3 is 10.2 Å². The summed E-state index contributed by atoms with van der Waals surface area (Å²) in [6, 6.07) is 5.57. The maximum atomic E-state index is 11.2. The lowest BCUT2D eigenvalue weighted by molar-refractivity contribution is -0.383.